The molecular formula is C10H12F3N3O3. The lowest BCUT2D eigenvalue weighted by Crippen LogP contribution is -2.20. The van der Waals surface area contributed by atoms with Crippen LogP contribution in [0.15, 0.2) is 12.3 Å². The van der Waals surface area contributed by atoms with Crippen LogP contribution in [-0.4, -0.2) is 42.0 Å². The van der Waals surface area contributed by atoms with E-state index in [1.54, 1.807) is 0 Å². The van der Waals surface area contributed by atoms with E-state index in [1.165, 1.54) is 6.07 Å². The fourth-order valence-corrected chi connectivity index (χ4v) is 1.19. The first-order chi connectivity index (χ1) is 8.79. The van der Waals surface area contributed by atoms with Gasteiger partial charge in [0, 0.05) is 6.54 Å². The molecule has 0 aromatic carbocycles. The molecule has 0 amide bonds. The van der Waals surface area contributed by atoms with Crippen molar-refractivity contribution in [3.8, 4) is 0 Å². The Labute approximate surface area is 106 Å². The lowest BCUT2D eigenvalue weighted by atomic mass is 10.2. The number of carboxylic acid groups (broad SMARTS) is 1. The molecule has 4 N–H and O–H groups in total. The second kappa shape index (κ2) is 6.23. The van der Waals surface area contributed by atoms with Gasteiger partial charge in [0.05, 0.1) is 24.1 Å². The third-order valence-corrected chi connectivity index (χ3v) is 1.98. The maximum atomic E-state index is 11.8. The number of alkyl halides is 3. The van der Waals surface area contributed by atoms with Crippen LogP contribution in [0.2, 0.25) is 0 Å². The van der Waals surface area contributed by atoms with Gasteiger partial charge in [-0.25, -0.2) is 9.78 Å². The number of hydrogen-bond donors (Lipinski definition) is 3. The molecule has 106 valence electrons. The molecule has 0 aliphatic carbocycles. The van der Waals surface area contributed by atoms with Gasteiger partial charge in [0.2, 0.25) is 0 Å². The quantitative estimate of drug-likeness (QED) is 0.680. The van der Waals surface area contributed by atoms with E-state index in [0.717, 1.165) is 6.20 Å². The summed E-state index contributed by atoms with van der Waals surface area (Å²) in [6.07, 6.45) is -3.21. The van der Waals surface area contributed by atoms with Crippen molar-refractivity contribution in [2.24, 2.45) is 0 Å². The van der Waals surface area contributed by atoms with Crippen molar-refractivity contribution in [1.29, 1.82) is 0 Å². The maximum Gasteiger partial charge on any atom is 0.411 e. The van der Waals surface area contributed by atoms with Gasteiger partial charge in [-0.3, -0.25) is 0 Å². The largest absolute Gasteiger partial charge is 0.478 e. The van der Waals surface area contributed by atoms with Crippen molar-refractivity contribution in [2.45, 2.75) is 6.18 Å². The van der Waals surface area contributed by atoms with Gasteiger partial charge < -0.3 is 20.9 Å². The summed E-state index contributed by atoms with van der Waals surface area (Å²) in [7, 11) is 0. The lowest BCUT2D eigenvalue weighted by Gasteiger charge is -2.09. The highest BCUT2D eigenvalue weighted by atomic mass is 19.4. The Kier molecular flexibility index (Phi) is 4.93. The number of anilines is 2. The number of halogens is 3. The molecule has 0 atom stereocenters. The third kappa shape index (κ3) is 5.42. The van der Waals surface area contributed by atoms with Gasteiger partial charge in [-0.1, -0.05) is 0 Å². The highest BCUT2D eigenvalue weighted by molar-refractivity contribution is 5.94. The van der Waals surface area contributed by atoms with Crippen LogP contribution < -0.4 is 11.1 Å². The smallest absolute Gasteiger partial charge is 0.411 e. The number of aromatic carboxylic acids is 1. The number of rotatable bonds is 6. The third-order valence-electron chi connectivity index (χ3n) is 1.98. The number of nitrogens with one attached hydrogen (secondary N) is 1. The predicted octanol–water partition coefficient (Wildman–Crippen LogP) is 1.35. The first-order valence-corrected chi connectivity index (χ1v) is 5.17. The zero-order chi connectivity index (χ0) is 14.5. The molecule has 0 bridgehead atoms. The molecule has 1 rings (SSSR count). The number of pyridine rings is 1. The minimum Gasteiger partial charge on any atom is -0.478 e. The number of hydrogen-bond acceptors (Lipinski definition) is 5. The Morgan fingerprint density at radius 2 is 2.21 bits per heavy atom. The summed E-state index contributed by atoms with van der Waals surface area (Å²) < 4.78 is 39.6. The minimum absolute atomic E-state index is 0.00590. The normalized spacial score (nSPS) is 11.3. The Morgan fingerprint density at radius 3 is 2.79 bits per heavy atom. The molecule has 0 saturated heterocycles. The van der Waals surface area contributed by atoms with Crippen molar-refractivity contribution in [3.05, 3.63) is 17.8 Å². The number of carbonyl (C=O) groups is 1. The van der Waals surface area contributed by atoms with E-state index < -0.39 is 18.8 Å². The van der Waals surface area contributed by atoms with E-state index in [1.807, 2.05) is 0 Å². The molecule has 1 aromatic rings. The molecule has 0 unspecified atom stereocenters. The summed E-state index contributed by atoms with van der Waals surface area (Å²) in [5.41, 5.74) is 5.27. The van der Waals surface area contributed by atoms with Crippen LogP contribution in [-0.2, 0) is 4.74 Å². The summed E-state index contributed by atoms with van der Waals surface area (Å²) in [5.74, 6) is -1.02. The topological polar surface area (TPSA) is 97.5 Å². The highest BCUT2D eigenvalue weighted by Gasteiger charge is 2.27. The molecule has 1 heterocycles. The molecule has 9 heteroatoms. The molecule has 6 nitrogen and oxygen atoms in total. The zero-order valence-electron chi connectivity index (χ0n) is 9.70. The molecule has 0 fully saturated rings. The van der Waals surface area contributed by atoms with E-state index in [2.05, 4.69) is 15.0 Å². The molecule has 0 saturated carbocycles. The Morgan fingerprint density at radius 1 is 1.53 bits per heavy atom. The van der Waals surface area contributed by atoms with Crippen molar-refractivity contribution in [3.63, 3.8) is 0 Å². The molecule has 0 aliphatic rings. The Balaban J connectivity index is 2.42. The van der Waals surface area contributed by atoms with Crippen molar-refractivity contribution < 1.29 is 27.8 Å². The summed E-state index contributed by atoms with van der Waals surface area (Å²) in [6.45, 7) is -1.45. The van der Waals surface area contributed by atoms with Crippen LogP contribution in [0.4, 0.5) is 24.7 Å². The van der Waals surface area contributed by atoms with Crippen molar-refractivity contribution >= 4 is 17.5 Å². The highest BCUT2D eigenvalue weighted by Crippen LogP contribution is 2.15. The van der Waals surface area contributed by atoms with Crippen LogP contribution >= 0.6 is 0 Å². The minimum atomic E-state index is -4.37. The number of carboxylic acids is 1. The first-order valence-electron chi connectivity index (χ1n) is 5.17. The predicted molar refractivity (Wildman–Crippen MR) is 61.0 cm³/mol. The van der Waals surface area contributed by atoms with Crippen LogP contribution in [0.1, 0.15) is 10.4 Å². The van der Waals surface area contributed by atoms with E-state index >= 15 is 0 Å². The molecular weight excluding hydrogens is 267 g/mol. The summed E-state index contributed by atoms with van der Waals surface area (Å²) in [5, 5.41) is 11.4. The van der Waals surface area contributed by atoms with Crippen LogP contribution in [0.3, 0.4) is 0 Å². The number of ether oxygens (including phenoxy) is 1. The second-order valence-corrected chi connectivity index (χ2v) is 3.56. The molecule has 1 aromatic heterocycles. The van der Waals surface area contributed by atoms with E-state index in [0.29, 0.717) is 0 Å². The average Bonchev–Trinajstić information content (AvgIpc) is 2.29. The van der Waals surface area contributed by atoms with Crippen molar-refractivity contribution in [1.82, 2.24) is 4.98 Å². The number of nitrogens with two attached hydrogens (primary N) is 1. The fourth-order valence-electron chi connectivity index (χ4n) is 1.19. The molecule has 0 radical (unpaired) electrons. The zero-order valence-corrected chi connectivity index (χ0v) is 9.70. The van der Waals surface area contributed by atoms with Gasteiger partial charge in [0.15, 0.2) is 0 Å². The van der Waals surface area contributed by atoms with Crippen LogP contribution in [0.5, 0.6) is 0 Å². The van der Waals surface area contributed by atoms with E-state index in [4.69, 9.17) is 10.8 Å². The number of aromatic nitrogens is 1. The van der Waals surface area contributed by atoms with Gasteiger partial charge >= 0.3 is 12.1 Å². The van der Waals surface area contributed by atoms with Crippen molar-refractivity contribution in [2.75, 3.05) is 30.8 Å². The SMILES string of the molecule is Nc1cnc(NCCOCC(F)(F)F)cc1C(=O)O. The number of nitrogens with zero attached hydrogens (tertiary/aromatic N) is 1. The molecule has 19 heavy (non-hydrogen) atoms. The summed E-state index contributed by atoms with van der Waals surface area (Å²) >= 11 is 0. The van der Waals surface area contributed by atoms with E-state index in [9.17, 15) is 18.0 Å². The Hall–Kier alpha value is -2.03. The standard InChI is InChI=1S/C10H12F3N3O3/c11-10(12,13)5-19-2-1-15-8-3-6(9(17)18)7(14)4-16-8/h3-4H,1-2,5,14H2,(H,15,16)(H,17,18). The second-order valence-electron chi connectivity index (χ2n) is 3.56. The fraction of sp³-hybridized carbons (Fsp3) is 0.400. The average molecular weight is 279 g/mol. The van der Waals surface area contributed by atoms with Crippen LogP contribution in [0.25, 0.3) is 0 Å². The molecule has 0 spiro atoms. The van der Waals surface area contributed by atoms with Gasteiger partial charge in [-0.15, -0.1) is 0 Å². The van der Waals surface area contributed by atoms with Gasteiger partial charge in [0.1, 0.15) is 12.4 Å². The lowest BCUT2D eigenvalue weighted by molar-refractivity contribution is -0.172. The summed E-state index contributed by atoms with van der Waals surface area (Å²) in [6, 6.07) is 1.20. The van der Waals surface area contributed by atoms with E-state index in [-0.39, 0.29) is 30.2 Å². The monoisotopic (exact) mass is 279 g/mol. The van der Waals surface area contributed by atoms with Gasteiger partial charge in [0.25, 0.3) is 0 Å². The molecule has 0 aliphatic heterocycles. The van der Waals surface area contributed by atoms with Gasteiger partial charge in [-0.05, 0) is 6.07 Å². The Bertz CT molecular complexity index is 451. The number of nitrogen functional groups attached to an aromatic ring is 1. The maximum absolute atomic E-state index is 11.8. The first kappa shape index (κ1) is 15.0. The van der Waals surface area contributed by atoms with Crippen LogP contribution in [0, 0.1) is 0 Å². The summed E-state index contributed by atoms with van der Waals surface area (Å²) in [4.78, 5) is 14.6. The van der Waals surface area contributed by atoms with Gasteiger partial charge in [-0.2, -0.15) is 13.2 Å².